The van der Waals surface area contributed by atoms with E-state index in [1.165, 1.54) is 32.8 Å². The lowest BCUT2D eigenvalue weighted by Crippen LogP contribution is -2.70. The van der Waals surface area contributed by atoms with E-state index in [-0.39, 0.29) is 43.5 Å². The quantitative estimate of drug-likeness (QED) is 0.0595. The summed E-state index contributed by atoms with van der Waals surface area (Å²) in [5.74, 6) is 0.611. The maximum atomic E-state index is 14.6. The Hall–Kier alpha value is -4.59. The van der Waals surface area contributed by atoms with Gasteiger partial charge in [-0.1, -0.05) is 62.8 Å². The van der Waals surface area contributed by atoms with Crippen molar-refractivity contribution in [3.8, 4) is 23.0 Å². The molecule has 0 bridgehead atoms. The molecule has 2 fully saturated rings. The van der Waals surface area contributed by atoms with Crippen molar-refractivity contribution in [2.75, 3.05) is 53.0 Å². The molecule has 13 heteroatoms. The molecule has 1 aliphatic heterocycles. The Morgan fingerprint density at radius 2 is 1.74 bits per heavy atom. The Bertz CT molecular complexity index is 1860. The summed E-state index contributed by atoms with van der Waals surface area (Å²) >= 11 is 0. The van der Waals surface area contributed by atoms with Gasteiger partial charge in [-0.3, -0.25) is 10.1 Å². The summed E-state index contributed by atoms with van der Waals surface area (Å²) in [6.45, 7) is 7.00. The normalized spacial score (nSPS) is 24.8. The third-order valence-electron chi connectivity index (χ3n) is 13.1. The number of nitrogens with zero attached hydrogens (tertiary/aromatic N) is 2. The molecule has 334 valence electrons. The Morgan fingerprint density at radius 3 is 2.43 bits per heavy atom. The number of benzene rings is 2. The number of aliphatic hydroxyl groups excluding tert-OH is 2. The lowest BCUT2D eigenvalue weighted by molar-refractivity contribution is -0.257. The molecule has 61 heavy (non-hydrogen) atoms. The van der Waals surface area contributed by atoms with Crippen molar-refractivity contribution < 1.29 is 48.3 Å². The predicted molar refractivity (Wildman–Crippen MR) is 234 cm³/mol. The van der Waals surface area contributed by atoms with Crippen molar-refractivity contribution in [2.45, 2.75) is 115 Å². The molecule has 2 amide bonds. The smallest absolute Gasteiger partial charge is 0.417 e. The van der Waals surface area contributed by atoms with Crippen LogP contribution in [0.25, 0.3) is 0 Å². The summed E-state index contributed by atoms with van der Waals surface area (Å²) in [6.07, 6.45) is 15.0. The Balaban J connectivity index is 1.48. The van der Waals surface area contributed by atoms with Gasteiger partial charge in [-0.25, -0.2) is 4.79 Å². The number of allylic oxidation sites excluding steroid dienone is 1. The minimum atomic E-state index is -1.33. The van der Waals surface area contributed by atoms with Crippen LogP contribution < -0.4 is 24.3 Å². The predicted octanol–water partition coefficient (Wildman–Crippen LogP) is 8.79. The van der Waals surface area contributed by atoms with Gasteiger partial charge < -0.3 is 43.6 Å². The summed E-state index contributed by atoms with van der Waals surface area (Å²) in [4.78, 5) is 35.7. The van der Waals surface area contributed by atoms with E-state index in [1.807, 2.05) is 17.0 Å². The summed E-state index contributed by atoms with van der Waals surface area (Å²) in [7, 11) is 4.62. The maximum absolute atomic E-state index is 14.6. The number of unbranched alkanes of at least 4 members (excludes halogenated alkanes) is 2. The van der Waals surface area contributed by atoms with E-state index in [2.05, 4.69) is 30.1 Å². The van der Waals surface area contributed by atoms with Gasteiger partial charge in [0, 0.05) is 50.1 Å². The van der Waals surface area contributed by atoms with Crippen molar-refractivity contribution in [3.63, 3.8) is 0 Å². The van der Waals surface area contributed by atoms with Gasteiger partial charge in [0.15, 0.2) is 0 Å². The average Bonchev–Trinajstić information content (AvgIpc) is 3.80. The van der Waals surface area contributed by atoms with Crippen LogP contribution in [0.15, 0.2) is 65.9 Å². The standard InChI is InChI=1S/C48H67N3O10/c1-6-24-51(44(54)23-18-32-14-8-9-15-32)43-31-40(50-58-5)37-28-33(16-10-12-25-52)36(17-11-13-26-53)45-38-29-35(20-22-41(38)61-48(43,46(37)45)59-27-7-2)60-47(55)49-39-21-19-34(56-3)30-42(39)57-4/h7,19-22,28-30,32-33,36,43,45-46,52-53H,2,6,8-18,23-27,31H2,1,3-5H3,(H,49,55). The van der Waals surface area contributed by atoms with E-state index < -0.39 is 23.8 Å². The number of nitrogens with one attached hydrogen (secondary N) is 1. The van der Waals surface area contributed by atoms with Crippen molar-refractivity contribution >= 4 is 23.4 Å². The van der Waals surface area contributed by atoms with Gasteiger partial charge in [0.2, 0.25) is 11.7 Å². The number of carbonyl (C=O) groups is 2. The first kappa shape index (κ1) is 45.9. The maximum Gasteiger partial charge on any atom is 0.417 e. The van der Waals surface area contributed by atoms with Crippen LogP contribution in [-0.2, 0) is 14.4 Å². The molecule has 2 saturated carbocycles. The minimum Gasteiger partial charge on any atom is -0.497 e. The highest BCUT2D eigenvalue weighted by Crippen LogP contribution is 2.62. The fourth-order valence-electron chi connectivity index (χ4n) is 10.4. The number of amides is 2. The van der Waals surface area contributed by atoms with E-state index in [9.17, 15) is 19.8 Å². The van der Waals surface area contributed by atoms with Gasteiger partial charge in [0.1, 0.15) is 36.1 Å². The number of ether oxygens (including phenoxy) is 5. The lowest BCUT2D eigenvalue weighted by atomic mass is 9.55. The lowest BCUT2D eigenvalue weighted by Gasteiger charge is -2.60. The molecule has 1 heterocycles. The molecule has 6 unspecified atom stereocenters. The fraction of sp³-hybridized carbons (Fsp3) is 0.604. The summed E-state index contributed by atoms with van der Waals surface area (Å²) in [6, 6.07) is 9.98. The number of hydrogen-bond acceptors (Lipinski definition) is 11. The first-order chi connectivity index (χ1) is 29.7. The average molecular weight is 846 g/mol. The van der Waals surface area contributed by atoms with Crippen LogP contribution in [-0.4, -0.2) is 92.3 Å². The van der Waals surface area contributed by atoms with Crippen molar-refractivity contribution in [1.29, 1.82) is 0 Å². The van der Waals surface area contributed by atoms with Gasteiger partial charge in [-0.2, -0.15) is 0 Å². The SMILES string of the molecule is C=CCOC12Oc3ccc(OC(=O)Nc4ccc(OC)cc4OC)cc3C3C(CCCCO)C(CCCCO)C=C(C(=NOC)CC1N(CCC)C(=O)CCC1CCCC1)C32. The molecular formula is C48H67N3O10. The van der Waals surface area contributed by atoms with Gasteiger partial charge in [0.05, 0.1) is 38.1 Å². The van der Waals surface area contributed by atoms with Gasteiger partial charge >= 0.3 is 6.09 Å². The van der Waals surface area contributed by atoms with Crippen LogP contribution in [0.1, 0.15) is 108 Å². The molecule has 0 saturated heterocycles. The van der Waals surface area contributed by atoms with E-state index in [1.54, 1.807) is 44.6 Å². The zero-order valence-corrected chi connectivity index (χ0v) is 36.6. The number of anilines is 1. The molecule has 0 aromatic heterocycles. The van der Waals surface area contributed by atoms with E-state index in [0.29, 0.717) is 66.8 Å². The second-order valence-corrected chi connectivity index (χ2v) is 16.8. The highest BCUT2D eigenvalue weighted by Gasteiger charge is 2.65. The Labute approximate surface area is 361 Å². The van der Waals surface area contributed by atoms with E-state index in [4.69, 9.17) is 28.5 Å². The number of carbonyl (C=O) groups excluding carboxylic acids is 2. The molecule has 2 aromatic rings. The number of hydrogen-bond donors (Lipinski definition) is 3. The molecular weight excluding hydrogens is 779 g/mol. The van der Waals surface area contributed by atoms with Crippen LogP contribution >= 0.6 is 0 Å². The zero-order valence-electron chi connectivity index (χ0n) is 36.6. The molecule has 0 spiro atoms. The third kappa shape index (κ3) is 10.4. The van der Waals surface area contributed by atoms with Crippen LogP contribution in [0, 0.1) is 23.7 Å². The van der Waals surface area contributed by atoms with E-state index in [0.717, 1.165) is 55.4 Å². The first-order valence-electron chi connectivity index (χ1n) is 22.4. The Kier molecular flexibility index (Phi) is 16.5. The Morgan fingerprint density at radius 1 is 0.984 bits per heavy atom. The van der Waals surface area contributed by atoms with Crippen LogP contribution in [0.4, 0.5) is 10.5 Å². The number of rotatable bonds is 22. The topological polar surface area (TPSA) is 158 Å². The first-order valence-corrected chi connectivity index (χ1v) is 22.4. The summed E-state index contributed by atoms with van der Waals surface area (Å²) in [5, 5.41) is 27.3. The summed E-state index contributed by atoms with van der Waals surface area (Å²) < 4.78 is 31.2. The second-order valence-electron chi connectivity index (χ2n) is 16.8. The zero-order chi connectivity index (χ0) is 43.4. The van der Waals surface area contributed by atoms with Crippen molar-refractivity contribution in [2.24, 2.45) is 28.8 Å². The molecule has 13 nitrogen and oxygen atoms in total. The number of oxime groups is 1. The van der Waals surface area contributed by atoms with Gasteiger partial charge in [-0.15, -0.1) is 6.58 Å². The fourth-order valence-corrected chi connectivity index (χ4v) is 10.4. The van der Waals surface area contributed by atoms with Crippen LogP contribution in [0.2, 0.25) is 0 Å². The second kappa shape index (κ2) is 22.0. The van der Waals surface area contributed by atoms with Crippen molar-refractivity contribution in [3.05, 3.63) is 66.3 Å². The van der Waals surface area contributed by atoms with Crippen LogP contribution in [0.3, 0.4) is 0 Å². The number of aliphatic hydroxyl groups is 2. The summed E-state index contributed by atoms with van der Waals surface area (Å²) in [5.41, 5.74) is 2.98. The molecule has 0 radical (unpaired) electrons. The minimum absolute atomic E-state index is 0.0289. The van der Waals surface area contributed by atoms with Crippen LogP contribution in [0.5, 0.6) is 23.0 Å². The monoisotopic (exact) mass is 845 g/mol. The number of methoxy groups -OCH3 is 2. The number of fused-ring (bicyclic) bond motifs is 2. The van der Waals surface area contributed by atoms with Gasteiger partial charge in [0.25, 0.3) is 0 Å². The van der Waals surface area contributed by atoms with E-state index >= 15 is 0 Å². The molecule has 3 N–H and O–H groups in total. The highest BCUT2D eigenvalue weighted by atomic mass is 16.7. The highest BCUT2D eigenvalue weighted by molar-refractivity contribution is 6.03. The van der Waals surface area contributed by atoms with Gasteiger partial charge in [-0.05, 0) is 92.2 Å². The molecule has 6 rings (SSSR count). The van der Waals surface area contributed by atoms with Crippen molar-refractivity contribution in [1.82, 2.24) is 4.90 Å². The molecule has 4 aliphatic rings. The third-order valence-corrected chi connectivity index (χ3v) is 13.1. The largest absolute Gasteiger partial charge is 0.497 e. The molecule has 3 aliphatic carbocycles. The molecule has 2 aromatic carbocycles. The molecule has 6 atom stereocenters.